The molecule has 1 fully saturated rings. The van der Waals surface area contributed by atoms with Gasteiger partial charge in [0, 0.05) is 0 Å². The summed E-state index contributed by atoms with van der Waals surface area (Å²) in [5, 5.41) is 12.3. The predicted molar refractivity (Wildman–Crippen MR) is 249 cm³/mol. The summed E-state index contributed by atoms with van der Waals surface area (Å²) in [6, 6.07) is 27.7. The summed E-state index contributed by atoms with van der Waals surface area (Å²) in [6.07, 6.45) is -2.56. The molecule has 0 unspecified atom stereocenters. The van der Waals surface area contributed by atoms with E-state index in [4.69, 9.17) is 23.4 Å². The first-order valence-electron chi connectivity index (χ1n) is 21.4. The van der Waals surface area contributed by atoms with E-state index in [1.54, 1.807) is 18.9 Å². The number of hydrogen-bond acceptors (Lipinski definition) is 12. The minimum absolute atomic E-state index is 0.0513. The van der Waals surface area contributed by atoms with Crippen molar-refractivity contribution in [2.24, 2.45) is 0 Å². The Morgan fingerprint density at radius 1 is 0.921 bits per heavy atom. The molecule has 0 spiro atoms. The molecule has 1 aliphatic rings. The molecule has 3 aromatic carbocycles. The van der Waals surface area contributed by atoms with Gasteiger partial charge in [-0.2, -0.15) is 0 Å². The number of carbonyl (C=O) groups excluding carboxylic acids is 1. The van der Waals surface area contributed by atoms with Crippen molar-refractivity contribution < 1.29 is 38.0 Å². The summed E-state index contributed by atoms with van der Waals surface area (Å²) in [5.74, 6) is 0.936. The van der Waals surface area contributed by atoms with Crippen LogP contribution in [-0.4, -0.2) is 95.2 Å². The third-order valence-electron chi connectivity index (χ3n) is 12.4. The van der Waals surface area contributed by atoms with Gasteiger partial charge in [0.2, 0.25) is 0 Å². The van der Waals surface area contributed by atoms with E-state index in [0.717, 1.165) is 16.7 Å². The molecule has 1 amide bonds. The maximum absolute atomic E-state index is 14.1. The first-order chi connectivity index (χ1) is 29.5. The summed E-state index contributed by atoms with van der Waals surface area (Å²) in [5.41, 5.74) is -1.07. The van der Waals surface area contributed by atoms with Crippen LogP contribution in [0.5, 0.6) is 11.5 Å². The van der Waals surface area contributed by atoms with Crippen LogP contribution >= 0.6 is 7.21 Å². The summed E-state index contributed by atoms with van der Waals surface area (Å²) >= 11 is 0. The van der Waals surface area contributed by atoms with Gasteiger partial charge in [-0.25, -0.2) is 0 Å². The van der Waals surface area contributed by atoms with Crippen molar-refractivity contribution in [2.75, 3.05) is 32.3 Å². The van der Waals surface area contributed by atoms with Crippen LogP contribution in [0.25, 0.3) is 0 Å². The Bertz CT molecular complexity index is 2220. The first kappa shape index (κ1) is 49.5. The molecule has 342 valence electrons. The van der Waals surface area contributed by atoms with E-state index in [2.05, 4.69) is 50.2 Å². The van der Waals surface area contributed by atoms with Gasteiger partial charge in [0.25, 0.3) is 0 Å². The van der Waals surface area contributed by atoms with Crippen LogP contribution < -0.4 is 20.5 Å². The van der Waals surface area contributed by atoms with Crippen LogP contribution in [0.15, 0.2) is 95.9 Å². The Balaban J connectivity index is 1.85. The summed E-state index contributed by atoms with van der Waals surface area (Å²) in [7, 11) is -5.07. The molecule has 1 aliphatic heterocycles. The Morgan fingerprint density at radius 3 is 1.89 bits per heavy atom. The number of aromatic nitrogens is 2. The molecule has 0 bridgehead atoms. The van der Waals surface area contributed by atoms with Crippen molar-refractivity contribution in [3.05, 3.63) is 118 Å². The van der Waals surface area contributed by atoms with Gasteiger partial charge >= 0.3 is 375 Å². The fraction of sp³-hybridized carbons (Fsp3) is 0.489. The normalized spacial score (nSPS) is 19.1. The minimum atomic E-state index is -5.42. The van der Waals surface area contributed by atoms with Gasteiger partial charge in [-0.05, 0) is 0 Å². The summed E-state index contributed by atoms with van der Waals surface area (Å²) < 4.78 is 36.0. The van der Waals surface area contributed by atoms with Gasteiger partial charge in [0.1, 0.15) is 0 Å². The molecular formula is C47H66N5O9PSi. The second kappa shape index (κ2) is 19.3. The molecular weight excluding hydrogens is 838 g/mol. The van der Waals surface area contributed by atoms with E-state index in [1.807, 2.05) is 107 Å². The quantitative estimate of drug-likeness (QED) is 0.0496. The van der Waals surface area contributed by atoms with Crippen molar-refractivity contribution in [1.29, 1.82) is 5.26 Å². The van der Waals surface area contributed by atoms with E-state index in [1.165, 1.54) is 23.8 Å². The molecule has 0 saturated carbocycles. The van der Waals surface area contributed by atoms with Crippen LogP contribution in [0.3, 0.4) is 0 Å². The second-order valence-electron chi connectivity index (χ2n) is 18.3. The van der Waals surface area contributed by atoms with Gasteiger partial charge in [-0.3, -0.25) is 0 Å². The number of anilines is 1. The molecule has 1 aromatic heterocycles. The van der Waals surface area contributed by atoms with E-state index in [-0.39, 0.29) is 30.0 Å². The molecule has 0 radical (unpaired) electrons. The van der Waals surface area contributed by atoms with Gasteiger partial charge in [0.05, 0.1) is 0 Å². The zero-order valence-electron chi connectivity index (χ0n) is 38.7. The van der Waals surface area contributed by atoms with Crippen LogP contribution in [-0.2, 0) is 24.3 Å². The third kappa shape index (κ3) is 10.1. The zero-order valence-corrected chi connectivity index (χ0v) is 40.6. The molecule has 0 aliphatic carbocycles. The number of methoxy groups -OCH3 is 2. The fourth-order valence-electron chi connectivity index (χ4n) is 8.79. The van der Waals surface area contributed by atoms with E-state index >= 15 is 0 Å². The van der Waals surface area contributed by atoms with Crippen molar-refractivity contribution in [3.63, 3.8) is 0 Å². The third-order valence-corrected chi connectivity index (χ3v) is 21.8. The van der Waals surface area contributed by atoms with Crippen LogP contribution in [0, 0.1) is 11.3 Å². The number of carbonyl (C=O) groups is 1. The van der Waals surface area contributed by atoms with E-state index < -0.39 is 68.9 Å². The number of ether oxygens (including phenoxy) is 4. The Kier molecular flexibility index (Phi) is 15.2. The van der Waals surface area contributed by atoms with Crippen LogP contribution in [0.4, 0.5) is 5.82 Å². The number of nitrogens with one attached hydrogen (secondary N) is 1. The zero-order chi connectivity index (χ0) is 46.6. The van der Waals surface area contributed by atoms with E-state index in [9.17, 15) is 24.6 Å². The van der Waals surface area contributed by atoms with Gasteiger partial charge in [-0.1, -0.05) is 0 Å². The van der Waals surface area contributed by atoms with Crippen LogP contribution in [0.2, 0.25) is 18.1 Å². The SMILES string of the molecule is COc1ccc(C(OC[C@H]2O[C@@H](n3ccc(NC(C)=O)nc3=O)[C@@H](O[Si](C)(C)C(C)(C)C)[C@@H]2P(O)(O)(CCC#N)N(C(C)C)C(C)C)(c2ccccc2)c2ccc(OC)cc2)cc1. The van der Waals surface area contributed by atoms with Crippen molar-refractivity contribution >= 4 is 27.3 Å². The molecule has 1 saturated heterocycles. The van der Waals surface area contributed by atoms with Crippen molar-refractivity contribution in [3.8, 4) is 17.6 Å². The van der Waals surface area contributed by atoms with Gasteiger partial charge in [0.15, 0.2) is 0 Å². The monoisotopic (exact) mass is 903 g/mol. The van der Waals surface area contributed by atoms with Gasteiger partial charge in [-0.15, -0.1) is 0 Å². The maximum atomic E-state index is 14.1. The average molecular weight is 904 g/mol. The van der Waals surface area contributed by atoms with Gasteiger partial charge < -0.3 is 0 Å². The Hall–Kier alpha value is -4.49. The average Bonchev–Trinajstić information content (AvgIpc) is 3.58. The number of benzene rings is 3. The number of amides is 1. The van der Waals surface area contributed by atoms with Crippen LogP contribution in [0.1, 0.15) is 84.7 Å². The number of nitriles is 1. The fourth-order valence-corrected chi connectivity index (χ4v) is 15.2. The number of hydrogen-bond donors (Lipinski definition) is 3. The molecule has 63 heavy (non-hydrogen) atoms. The first-order valence-corrected chi connectivity index (χ1v) is 26.6. The molecule has 16 heteroatoms. The molecule has 3 N–H and O–H groups in total. The molecule has 4 atom stereocenters. The number of nitrogens with zero attached hydrogens (tertiary/aromatic N) is 4. The number of rotatable bonds is 18. The predicted octanol–water partition coefficient (Wildman–Crippen LogP) is 8.20. The Labute approximate surface area is 373 Å². The molecule has 2 heterocycles. The van der Waals surface area contributed by atoms with Crippen molar-refractivity contribution in [1.82, 2.24) is 14.2 Å². The summed E-state index contributed by atoms with van der Waals surface area (Å²) in [4.78, 5) is 57.9. The topological polar surface area (TPSA) is 178 Å². The molecule has 5 rings (SSSR count). The second-order valence-corrected chi connectivity index (χ2v) is 27.0. The standard InChI is InChI=1S/C47H66N5O9PSi/c1-32(2)52(33(3)4)62(55,56,30-16-28-48)43-40(60-44(42(43)61-63(11,12)46(6,7)8)51-29-27-41(49-34(5)53)50-45(51)54)31-59-47(35-17-14-13-15-18-35,36-19-23-38(57-9)24-20-36)37-21-25-39(58-10)26-22-37/h13-15,17-27,29,32-33,40,42-44,55-56H,16,30-31H2,1-12H3,(H,49,50,53,54)/t40-,42+,43-,44-/m1/s1. The molecule has 14 nitrogen and oxygen atoms in total. The van der Waals surface area contributed by atoms with E-state index in [0.29, 0.717) is 11.5 Å². The molecule has 4 aromatic rings. The summed E-state index contributed by atoms with van der Waals surface area (Å²) in [6.45, 7) is 19.0. The Morgan fingerprint density at radius 2 is 1.44 bits per heavy atom. The van der Waals surface area contributed by atoms with Crippen molar-refractivity contribution in [2.45, 2.75) is 122 Å².